The Labute approximate surface area is 189 Å². The van der Waals surface area contributed by atoms with E-state index in [1.165, 1.54) is 0 Å². The molecule has 0 unspecified atom stereocenters. The summed E-state index contributed by atoms with van der Waals surface area (Å²) in [7, 11) is 1.59. The number of nitrogens with zero attached hydrogens (tertiary/aromatic N) is 3. The van der Waals surface area contributed by atoms with Crippen LogP contribution in [0.2, 0.25) is 0 Å². The van der Waals surface area contributed by atoms with Crippen LogP contribution in [-0.4, -0.2) is 57.7 Å². The zero-order valence-electron chi connectivity index (χ0n) is 17.5. The number of thioether (sulfide) groups is 1. The molecule has 4 rings (SSSR count). The van der Waals surface area contributed by atoms with Crippen molar-refractivity contribution in [3.8, 4) is 17.0 Å². The molecule has 3 amide bonds. The highest BCUT2D eigenvalue weighted by Crippen LogP contribution is 2.25. The molecule has 164 valence electrons. The van der Waals surface area contributed by atoms with Crippen molar-refractivity contribution in [2.45, 2.75) is 6.54 Å². The fourth-order valence-electron chi connectivity index (χ4n) is 3.37. The van der Waals surface area contributed by atoms with Crippen LogP contribution in [-0.2, 0) is 11.3 Å². The number of amides is 3. The van der Waals surface area contributed by atoms with Crippen LogP contribution < -0.4 is 10.1 Å². The number of nitrogens with one attached hydrogen (secondary N) is 1. The second-order valence-electron chi connectivity index (χ2n) is 7.16. The third-order valence-corrected chi connectivity index (χ3v) is 5.88. The predicted molar refractivity (Wildman–Crippen MR) is 122 cm³/mol. The van der Waals surface area contributed by atoms with E-state index in [-0.39, 0.29) is 35.9 Å². The van der Waals surface area contributed by atoms with Crippen molar-refractivity contribution in [2.75, 3.05) is 26.0 Å². The number of carbonyl (C=O) groups is 3. The van der Waals surface area contributed by atoms with Crippen molar-refractivity contribution in [1.29, 1.82) is 0 Å². The summed E-state index contributed by atoms with van der Waals surface area (Å²) in [6, 6.07) is 17.2. The third-order valence-electron chi connectivity index (χ3n) is 5.02. The molecule has 9 heteroatoms. The Morgan fingerprint density at radius 3 is 2.53 bits per heavy atom. The molecule has 0 aliphatic carbocycles. The lowest BCUT2D eigenvalue weighted by atomic mass is 10.1. The first-order chi connectivity index (χ1) is 15.5. The summed E-state index contributed by atoms with van der Waals surface area (Å²) in [6.07, 6.45) is 1.71. The molecular weight excluding hydrogens is 428 g/mol. The zero-order chi connectivity index (χ0) is 22.5. The molecule has 1 N–H and O–H groups in total. The molecule has 1 saturated heterocycles. The first-order valence-electron chi connectivity index (χ1n) is 10.1. The Bertz CT molecular complexity index is 1110. The van der Waals surface area contributed by atoms with Gasteiger partial charge in [-0.1, -0.05) is 42.1 Å². The van der Waals surface area contributed by atoms with Crippen molar-refractivity contribution in [1.82, 2.24) is 20.0 Å². The summed E-state index contributed by atoms with van der Waals surface area (Å²) in [5.74, 6) is 0.313. The van der Waals surface area contributed by atoms with Gasteiger partial charge in [0.15, 0.2) is 0 Å². The molecule has 2 heterocycles. The molecule has 0 bridgehead atoms. The number of hydrogen-bond acceptors (Lipinski definition) is 6. The van der Waals surface area contributed by atoms with E-state index in [9.17, 15) is 14.4 Å². The lowest BCUT2D eigenvalue weighted by Crippen LogP contribution is -2.37. The lowest BCUT2D eigenvalue weighted by molar-refractivity contribution is -0.124. The summed E-state index contributed by atoms with van der Waals surface area (Å²) in [5, 5.41) is 7.18. The van der Waals surface area contributed by atoms with Gasteiger partial charge in [0.1, 0.15) is 11.4 Å². The van der Waals surface area contributed by atoms with Crippen LogP contribution in [0.25, 0.3) is 11.3 Å². The quantitative estimate of drug-likeness (QED) is 0.567. The van der Waals surface area contributed by atoms with Gasteiger partial charge in [-0.15, -0.1) is 0 Å². The van der Waals surface area contributed by atoms with Gasteiger partial charge in [0.2, 0.25) is 5.91 Å². The van der Waals surface area contributed by atoms with Crippen LogP contribution in [0.1, 0.15) is 15.9 Å². The fraction of sp³-hybridized carbons (Fsp3) is 0.217. The largest absolute Gasteiger partial charge is 0.497 e. The number of imide groups is 1. The maximum atomic E-state index is 13.0. The van der Waals surface area contributed by atoms with Crippen molar-refractivity contribution in [2.24, 2.45) is 0 Å². The second-order valence-corrected chi connectivity index (χ2v) is 8.09. The highest BCUT2D eigenvalue weighted by Gasteiger charge is 2.29. The van der Waals surface area contributed by atoms with Gasteiger partial charge in [-0.3, -0.25) is 24.0 Å². The van der Waals surface area contributed by atoms with E-state index in [0.29, 0.717) is 23.6 Å². The van der Waals surface area contributed by atoms with Gasteiger partial charge in [0.25, 0.3) is 11.1 Å². The number of methoxy groups -OCH3 is 1. The summed E-state index contributed by atoms with van der Waals surface area (Å²) in [6.45, 7) is 0.834. The zero-order valence-corrected chi connectivity index (χ0v) is 18.3. The predicted octanol–water partition coefficient (Wildman–Crippen LogP) is 3.03. The van der Waals surface area contributed by atoms with Crippen LogP contribution >= 0.6 is 11.8 Å². The molecule has 32 heavy (non-hydrogen) atoms. The van der Waals surface area contributed by atoms with E-state index < -0.39 is 0 Å². The van der Waals surface area contributed by atoms with E-state index >= 15 is 0 Å². The van der Waals surface area contributed by atoms with E-state index in [1.54, 1.807) is 18.0 Å². The van der Waals surface area contributed by atoms with E-state index in [0.717, 1.165) is 27.8 Å². The molecule has 1 aromatic heterocycles. The Morgan fingerprint density at radius 2 is 1.88 bits per heavy atom. The fourth-order valence-corrected chi connectivity index (χ4v) is 4.13. The Kier molecular flexibility index (Phi) is 6.55. The van der Waals surface area contributed by atoms with Crippen LogP contribution in [0.3, 0.4) is 0 Å². The smallest absolute Gasteiger partial charge is 0.288 e. The minimum absolute atomic E-state index is 0.145. The number of aromatic nitrogens is 2. The monoisotopic (exact) mass is 450 g/mol. The highest BCUT2D eigenvalue weighted by molar-refractivity contribution is 8.14. The number of rotatable bonds is 8. The molecule has 0 spiro atoms. The van der Waals surface area contributed by atoms with E-state index in [4.69, 9.17) is 4.74 Å². The van der Waals surface area contributed by atoms with Crippen LogP contribution in [0.5, 0.6) is 5.75 Å². The average Bonchev–Trinajstić information content (AvgIpc) is 3.38. The number of hydrogen-bond donors (Lipinski definition) is 1. The Hall–Kier alpha value is -3.59. The van der Waals surface area contributed by atoms with Gasteiger partial charge in [0, 0.05) is 24.8 Å². The van der Waals surface area contributed by atoms with Gasteiger partial charge in [-0.2, -0.15) is 5.10 Å². The molecule has 0 atom stereocenters. The first-order valence-corrected chi connectivity index (χ1v) is 11.0. The first kappa shape index (κ1) is 21.6. The van der Waals surface area contributed by atoms with Crippen LogP contribution in [0, 0.1) is 0 Å². The minimum atomic E-state index is -0.318. The third kappa shape index (κ3) is 4.83. The van der Waals surface area contributed by atoms with Gasteiger partial charge < -0.3 is 10.1 Å². The average molecular weight is 451 g/mol. The molecule has 3 aromatic rings. The standard InChI is InChI=1S/C23H22N4O4S/c1-31-18-9-7-17(8-10-18)21-19(14-26(25-21)13-16-5-3-2-4-6-16)22(29)24-11-12-27-20(28)15-32-23(27)30/h2-10,14H,11-13,15H2,1H3,(H,24,29). The number of carbonyl (C=O) groups excluding carboxylic acids is 3. The SMILES string of the molecule is COc1ccc(-c2nn(Cc3ccccc3)cc2C(=O)NCCN2C(=O)CSC2=O)cc1. The van der Waals surface area contributed by atoms with Gasteiger partial charge in [-0.25, -0.2) is 0 Å². The van der Waals surface area contributed by atoms with Crippen LogP contribution in [0.15, 0.2) is 60.8 Å². The van der Waals surface area contributed by atoms with Crippen molar-refractivity contribution in [3.63, 3.8) is 0 Å². The minimum Gasteiger partial charge on any atom is -0.497 e. The Balaban J connectivity index is 1.54. The molecule has 1 aliphatic heterocycles. The number of ether oxygens (including phenoxy) is 1. The highest BCUT2D eigenvalue weighted by atomic mass is 32.2. The van der Waals surface area contributed by atoms with Crippen molar-refractivity contribution < 1.29 is 19.1 Å². The topological polar surface area (TPSA) is 93.5 Å². The molecule has 0 saturated carbocycles. The summed E-state index contributed by atoms with van der Waals surface area (Å²) in [4.78, 5) is 37.6. The van der Waals surface area contributed by atoms with Gasteiger partial charge >= 0.3 is 0 Å². The Morgan fingerprint density at radius 1 is 1.12 bits per heavy atom. The maximum Gasteiger partial charge on any atom is 0.288 e. The molecular formula is C23H22N4O4S. The maximum absolute atomic E-state index is 13.0. The van der Waals surface area contributed by atoms with Gasteiger partial charge in [0.05, 0.1) is 25.0 Å². The summed E-state index contributed by atoms with van der Waals surface area (Å²) < 4.78 is 6.95. The van der Waals surface area contributed by atoms with E-state index in [2.05, 4.69) is 10.4 Å². The molecule has 2 aromatic carbocycles. The normalized spacial score (nSPS) is 13.5. The number of benzene rings is 2. The molecule has 8 nitrogen and oxygen atoms in total. The van der Waals surface area contributed by atoms with Crippen LogP contribution in [0.4, 0.5) is 4.79 Å². The molecule has 0 radical (unpaired) electrons. The molecule has 1 aliphatic rings. The second kappa shape index (κ2) is 9.69. The van der Waals surface area contributed by atoms with Gasteiger partial charge in [-0.05, 0) is 29.8 Å². The van der Waals surface area contributed by atoms with E-state index in [1.807, 2.05) is 54.6 Å². The summed E-state index contributed by atoms with van der Waals surface area (Å²) in [5.41, 5.74) is 2.81. The lowest BCUT2D eigenvalue weighted by Gasteiger charge is -2.13. The van der Waals surface area contributed by atoms with Crippen molar-refractivity contribution in [3.05, 3.63) is 71.9 Å². The summed E-state index contributed by atoms with van der Waals surface area (Å²) >= 11 is 0.977. The molecule has 1 fully saturated rings. The van der Waals surface area contributed by atoms with Crippen molar-refractivity contribution >= 4 is 28.8 Å².